The normalized spacial score (nSPS) is 14.4. The molecule has 116 valence electrons. The van der Waals surface area contributed by atoms with Crippen molar-refractivity contribution >= 4 is 17.7 Å². The zero-order valence-electron chi connectivity index (χ0n) is 13.0. The Hall–Kier alpha value is -1.43. The highest BCUT2D eigenvalue weighted by Gasteiger charge is 2.39. The van der Waals surface area contributed by atoms with Crippen LogP contribution in [0.4, 0.5) is 0 Å². The van der Waals surface area contributed by atoms with Crippen LogP contribution in [0.5, 0.6) is 0 Å². The number of rotatable bonds is 9. The van der Waals surface area contributed by atoms with Crippen LogP contribution in [0.1, 0.15) is 33.1 Å². The predicted molar refractivity (Wildman–Crippen MR) is 74.1 cm³/mol. The molecular formula is C14H26NO5+. The molecule has 0 aliphatic carbocycles. The zero-order valence-corrected chi connectivity index (χ0v) is 13.0. The minimum atomic E-state index is -1.29. The molecule has 0 aliphatic heterocycles. The number of carboxylic acids is 1. The third-order valence-corrected chi connectivity index (χ3v) is 2.80. The maximum atomic E-state index is 11.8. The number of quaternary nitrogens is 1. The van der Waals surface area contributed by atoms with Gasteiger partial charge >= 0.3 is 11.9 Å². The lowest BCUT2D eigenvalue weighted by Gasteiger charge is -2.31. The van der Waals surface area contributed by atoms with Crippen molar-refractivity contribution in [3.8, 4) is 0 Å². The van der Waals surface area contributed by atoms with Gasteiger partial charge in [0.15, 0.2) is 17.8 Å². The molecule has 0 amide bonds. The average molecular weight is 288 g/mol. The molecule has 0 bridgehead atoms. The van der Waals surface area contributed by atoms with Crippen LogP contribution in [0, 0.1) is 5.92 Å². The number of esters is 1. The van der Waals surface area contributed by atoms with Gasteiger partial charge < -0.3 is 14.3 Å². The molecular weight excluding hydrogens is 262 g/mol. The Balaban J connectivity index is 5.19. The van der Waals surface area contributed by atoms with Crippen LogP contribution in [0.15, 0.2) is 0 Å². The first-order valence-electron chi connectivity index (χ1n) is 6.87. The van der Waals surface area contributed by atoms with Crippen LogP contribution in [0.2, 0.25) is 0 Å². The average Bonchev–Trinajstić information content (AvgIpc) is 2.26. The van der Waals surface area contributed by atoms with Crippen molar-refractivity contribution in [2.75, 3.05) is 27.7 Å². The Bertz CT molecular complexity index is 359. The van der Waals surface area contributed by atoms with Gasteiger partial charge in [-0.2, -0.15) is 0 Å². The third kappa shape index (κ3) is 6.65. The molecule has 0 saturated carbocycles. The maximum absolute atomic E-state index is 11.8. The molecule has 0 aliphatic rings. The summed E-state index contributed by atoms with van der Waals surface area (Å²) in [5, 5.41) is 9.27. The minimum absolute atomic E-state index is 0.107. The van der Waals surface area contributed by atoms with E-state index in [0.717, 1.165) is 0 Å². The summed E-state index contributed by atoms with van der Waals surface area (Å²) in [5.41, 5.74) is 0. The number of likely N-dealkylation sites (N-methyl/N-ethyl adjacent to an activating group) is 1. The van der Waals surface area contributed by atoms with Gasteiger partial charge in [-0.3, -0.25) is 14.4 Å². The quantitative estimate of drug-likeness (QED) is 0.390. The Morgan fingerprint density at radius 2 is 1.70 bits per heavy atom. The molecule has 2 atom stereocenters. The smallest absolute Gasteiger partial charge is 0.318 e. The molecule has 0 radical (unpaired) electrons. The standard InChI is InChI=1S/C14H25NO5/c1-6-8-12(17)20-11(9-15(3,4)5)13(14(18)19)10(16)7-2/h11,13H,6-9H2,1-5H3/p+1. The summed E-state index contributed by atoms with van der Waals surface area (Å²) in [6, 6.07) is 0. The van der Waals surface area contributed by atoms with Crippen LogP contribution in [-0.2, 0) is 19.1 Å². The van der Waals surface area contributed by atoms with Gasteiger partial charge in [-0.1, -0.05) is 13.8 Å². The van der Waals surface area contributed by atoms with Crippen LogP contribution < -0.4 is 0 Å². The molecule has 0 fully saturated rings. The van der Waals surface area contributed by atoms with Crippen LogP contribution in [0.3, 0.4) is 0 Å². The first-order valence-corrected chi connectivity index (χ1v) is 6.87. The van der Waals surface area contributed by atoms with E-state index < -0.39 is 29.7 Å². The fourth-order valence-corrected chi connectivity index (χ4v) is 1.91. The molecule has 1 N–H and O–H groups in total. The number of carbonyl (C=O) groups excluding carboxylic acids is 2. The molecule has 20 heavy (non-hydrogen) atoms. The lowest BCUT2D eigenvalue weighted by molar-refractivity contribution is -0.873. The van der Waals surface area contributed by atoms with Crippen LogP contribution >= 0.6 is 0 Å². The van der Waals surface area contributed by atoms with E-state index >= 15 is 0 Å². The molecule has 6 heteroatoms. The highest BCUT2D eigenvalue weighted by atomic mass is 16.5. The second kappa shape index (κ2) is 7.99. The van der Waals surface area contributed by atoms with Gasteiger partial charge in [-0.25, -0.2) is 0 Å². The van der Waals surface area contributed by atoms with E-state index in [1.807, 2.05) is 28.1 Å². The molecule has 0 rings (SSSR count). The monoisotopic (exact) mass is 288 g/mol. The number of hydrogen-bond donors (Lipinski definition) is 1. The second-order valence-electron chi connectivity index (χ2n) is 5.89. The predicted octanol–water partition coefficient (Wildman–Crippen LogP) is 1.08. The molecule has 0 aromatic rings. The zero-order chi connectivity index (χ0) is 15.9. The summed E-state index contributed by atoms with van der Waals surface area (Å²) in [5.74, 6) is -3.40. The fourth-order valence-electron chi connectivity index (χ4n) is 1.91. The van der Waals surface area contributed by atoms with Gasteiger partial charge in [0, 0.05) is 12.8 Å². The lowest BCUT2D eigenvalue weighted by Crippen LogP contribution is -2.49. The van der Waals surface area contributed by atoms with Gasteiger partial charge in [0.05, 0.1) is 21.1 Å². The number of Topliss-reactive ketones (excluding diaryl/α,β-unsaturated/α-hetero) is 1. The van der Waals surface area contributed by atoms with Crippen molar-refractivity contribution in [2.45, 2.75) is 39.2 Å². The summed E-state index contributed by atoms with van der Waals surface area (Å²) in [7, 11) is 5.57. The topological polar surface area (TPSA) is 80.7 Å². The Labute approximate surface area is 120 Å². The number of carbonyl (C=O) groups is 3. The Kier molecular flexibility index (Phi) is 7.42. The number of hydrogen-bond acceptors (Lipinski definition) is 4. The van der Waals surface area contributed by atoms with E-state index in [4.69, 9.17) is 4.74 Å². The third-order valence-electron chi connectivity index (χ3n) is 2.80. The highest BCUT2D eigenvalue weighted by molar-refractivity contribution is 5.99. The first kappa shape index (κ1) is 18.6. The van der Waals surface area contributed by atoms with Crippen molar-refractivity contribution in [1.82, 2.24) is 0 Å². The van der Waals surface area contributed by atoms with E-state index in [0.29, 0.717) is 10.9 Å². The number of aliphatic carboxylic acids is 1. The molecule has 0 aromatic carbocycles. The van der Waals surface area contributed by atoms with Crippen molar-refractivity contribution in [2.24, 2.45) is 5.92 Å². The number of nitrogens with zero attached hydrogens (tertiary/aromatic N) is 1. The molecule has 0 spiro atoms. The van der Waals surface area contributed by atoms with E-state index in [-0.39, 0.29) is 19.4 Å². The first-order chi connectivity index (χ1) is 9.12. The number of carboxylic acid groups (broad SMARTS) is 1. The van der Waals surface area contributed by atoms with Gasteiger partial charge in [-0.15, -0.1) is 0 Å². The van der Waals surface area contributed by atoms with Gasteiger partial charge in [0.2, 0.25) is 0 Å². The Morgan fingerprint density at radius 3 is 2.05 bits per heavy atom. The molecule has 2 unspecified atom stereocenters. The van der Waals surface area contributed by atoms with Crippen molar-refractivity contribution in [3.63, 3.8) is 0 Å². The molecule has 0 saturated heterocycles. The second-order valence-corrected chi connectivity index (χ2v) is 5.89. The number of ether oxygens (including phenoxy) is 1. The van der Waals surface area contributed by atoms with Gasteiger partial charge in [-0.05, 0) is 6.42 Å². The van der Waals surface area contributed by atoms with E-state index in [9.17, 15) is 19.5 Å². The fraction of sp³-hybridized carbons (Fsp3) is 0.786. The summed E-state index contributed by atoms with van der Waals surface area (Å²) in [6.45, 7) is 3.72. The van der Waals surface area contributed by atoms with Crippen LogP contribution in [0.25, 0.3) is 0 Å². The molecule has 0 heterocycles. The van der Waals surface area contributed by atoms with Crippen molar-refractivity contribution in [3.05, 3.63) is 0 Å². The summed E-state index contributed by atoms with van der Waals surface area (Å²) in [4.78, 5) is 34.8. The largest absolute Gasteiger partial charge is 0.481 e. The van der Waals surface area contributed by atoms with E-state index in [1.165, 1.54) is 0 Å². The summed E-state index contributed by atoms with van der Waals surface area (Å²) in [6.07, 6.45) is 0.0185. The summed E-state index contributed by atoms with van der Waals surface area (Å²) < 4.78 is 5.66. The molecule has 0 aromatic heterocycles. The van der Waals surface area contributed by atoms with Gasteiger partial charge in [0.25, 0.3) is 0 Å². The minimum Gasteiger partial charge on any atom is -0.481 e. The molecule has 6 nitrogen and oxygen atoms in total. The lowest BCUT2D eigenvalue weighted by atomic mass is 9.94. The highest BCUT2D eigenvalue weighted by Crippen LogP contribution is 2.16. The van der Waals surface area contributed by atoms with Crippen LogP contribution in [-0.4, -0.2) is 61.1 Å². The number of ketones is 1. The van der Waals surface area contributed by atoms with Crippen molar-refractivity contribution in [1.29, 1.82) is 0 Å². The maximum Gasteiger partial charge on any atom is 0.318 e. The SMILES string of the molecule is CCCC(=O)OC(C[N+](C)(C)C)C(C(=O)O)C(=O)CC. The van der Waals surface area contributed by atoms with Gasteiger partial charge in [0.1, 0.15) is 6.54 Å². The Morgan fingerprint density at radius 1 is 1.15 bits per heavy atom. The van der Waals surface area contributed by atoms with Crippen molar-refractivity contribution < 1.29 is 28.7 Å². The summed E-state index contributed by atoms with van der Waals surface area (Å²) >= 11 is 0. The van der Waals surface area contributed by atoms with E-state index in [2.05, 4.69) is 0 Å². The van der Waals surface area contributed by atoms with E-state index in [1.54, 1.807) is 6.92 Å².